The molecule has 0 aliphatic carbocycles. The Morgan fingerprint density at radius 1 is 1.20 bits per heavy atom. The number of benzene rings is 1. The van der Waals surface area contributed by atoms with Gasteiger partial charge in [0, 0.05) is 26.7 Å². The summed E-state index contributed by atoms with van der Waals surface area (Å²) in [6.45, 7) is 2.13. The zero-order valence-electron chi connectivity index (χ0n) is 11.7. The molecule has 2 heterocycles. The molecule has 1 aliphatic heterocycles. The number of aromatic nitrogens is 2. The van der Waals surface area contributed by atoms with Gasteiger partial charge in [-0.05, 0) is 30.9 Å². The van der Waals surface area contributed by atoms with Crippen molar-refractivity contribution in [2.45, 2.75) is 12.8 Å². The molecular weight excluding hydrogens is 252 g/mol. The van der Waals surface area contributed by atoms with Crippen LogP contribution >= 0.6 is 0 Å². The first-order valence-electron chi connectivity index (χ1n) is 7.12. The third-order valence-electron chi connectivity index (χ3n) is 3.96. The molecule has 106 valence electrons. The number of para-hydroxylation sites is 2. The van der Waals surface area contributed by atoms with E-state index >= 15 is 0 Å². The van der Waals surface area contributed by atoms with Crippen LogP contribution in [0.3, 0.4) is 0 Å². The number of nitrogens with one attached hydrogen (secondary N) is 1. The van der Waals surface area contributed by atoms with Gasteiger partial charge in [-0.2, -0.15) is 0 Å². The Morgan fingerprint density at radius 3 is 2.45 bits per heavy atom. The molecule has 0 atom stereocenters. The molecule has 5 nitrogen and oxygen atoms in total. The topological polar surface area (TPSA) is 61.3 Å². The largest absolute Gasteiger partial charge is 0.396 e. The maximum atomic E-state index is 9.23. The summed E-state index contributed by atoms with van der Waals surface area (Å²) in [5, 5.41) is 12.4. The Hall–Kier alpha value is -1.88. The van der Waals surface area contributed by atoms with E-state index in [0.717, 1.165) is 48.6 Å². The van der Waals surface area contributed by atoms with Crippen molar-refractivity contribution < 1.29 is 5.11 Å². The van der Waals surface area contributed by atoms with Gasteiger partial charge in [-0.3, -0.25) is 0 Å². The summed E-state index contributed by atoms with van der Waals surface area (Å²) in [6.07, 6.45) is 2.02. The highest BCUT2D eigenvalue weighted by Gasteiger charge is 2.22. The molecule has 1 fully saturated rings. The fourth-order valence-electron chi connectivity index (χ4n) is 2.71. The van der Waals surface area contributed by atoms with Crippen molar-refractivity contribution in [3.05, 3.63) is 24.3 Å². The Bertz CT molecular complexity index is 593. The normalized spacial score (nSPS) is 16.6. The molecule has 2 aromatic rings. The van der Waals surface area contributed by atoms with Crippen molar-refractivity contribution in [2.75, 3.05) is 37.0 Å². The predicted octanol–water partition coefficient (Wildman–Crippen LogP) is 1.88. The second kappa shape index (κ2) is 5.63. The number of hydrogen-bond donors (Lipinski definition) is 2. The van der Waals surface area contributed by atoms with Crippen molar-refractivity contribution in [1.29, 1.82) is 0 Å². The number of aliphatic hydroxyl groups excluding tert-OH is 1. The third kappa shape index (κ3) is 2.41. The van der Waals surface area contributed by atoms with Crippen molar-refractivity contribution >= 4 is 22.7 Å². The first-order valence-corrected chi connectivity index (χ1v) is 7.12. The predicted molar refractivity (Wildman–Crippen MR) is 81.1 cm³/mol. The third-order valence-corrected chi connectivity index (χ3v) is 3.96. The van der Waals surface area contributed by atoms with Crippen LogP contribution in [0, 0.1) is 5.92 Å². The van der Waals surface area contributed by atoms with Gasteiger partial charge in [-0.15, -0.1) is 0 Å². The molecule has 1 aromatic heterocycles. The molecule has 20 heavy (non-hydrogen) atoms. The number of rotatable bonds is 3. The van der Waals surface area contributed by atoms with E-state index in [4.69, 9.17) is 4.98 Å². The molecule has 1 aliphatic rings. The van der Waals surface area contributed by atoms with E-state index in [1.807, 2.05) is 31.3 Å². The minimum absolute atomic E-state index is 0.288. The average molecular weight is 272 g/mol. The summed E-state index contributed by atoms with van der Waals surface area (Å²) in [6, 6.07) is 7.93. The summed E-state index contributed by atoms with van der Waals surface area (Å²) in [4.78, 5) is 11.7. The molecule has 1 saturated heterocycles. The van der Waals surface area contributed by atoms with Gasteiger partial charge < -0.3 is 15.3 Å². The van der Waals surface area contributed by atoms with E-state index in [0.29, 0.717) is 5.92 Å². The molecular formula is C15H20N4O. The molecule has 0 unspecified atom stereocenters. The molecule has 0 radical (unpaired) electrons. The van der Waals surface area contributed by atoms with E-state index in [9.17, 15) is 5.11 Å². The van der Waals surface area contributed by atoms with Gasteiger partial charge in [0.05, 0.1) is 11.0 Å². The van der Waals surface area contributed by atoms with Gasteiger partial charge in [0.1, 0.15) is 0 Å². The molecule has 0 bridgehead atoms. The quantitative estimate of drug-likeness (QED) is 0.893. The van der Waals surface area contributed by atoms with Crippen LogP contribution in [0.1, 0.15) is 12.8 Å². The second-order valence-electron chi connectivity index (χ2n) is 5.25. The first-order chi connectivity index (χ1) is 9.81. The van der Waals surface area contributed by atoms with E-state index < -0.39 is 0 Å². The highest BCUT2D eigenvalue weighted by Crippen LogP contribution is 2.28. The zero-order valence-corrected chi connectivity index (χ0v) is 11.7. The molecule has 3 rings (SSSR count). The van der Waals surface area contributed by atoms with Gasteiger partial charge in [0.2, 0.25) is 0 Å². The molecule has 1 aromatic carbocycles. The van der Waals surface area contributed by atoms with Crippen LogP contribution < -0.4 is 10.2 Å². The summed E-state index contributed by atoms with van der Waals surface area (Å²) >= 11 is 0. The maximum absolute atomic E-state index is 9.23. The number of hydrogen-bond acceptors (Lipinski definition) is 5. The number of nitrogens with zero attached hydrogens (tertiary/aromatic N) is 3. The summed E-state index contributed by atoms with van der Waals surface area (Å²) in [5.41, 5.74) is 1.83. The highest BCUT2D eigenvalue weighted by atomic mass is 16.3. The van der Waals surface area contributed by atoms with Gasteiger partial charge in [-0.1, -0.05) is 12.1 Å². The lowest BCUT2D eigenvalue weighted by atomic mass is 9.98. The molecule has 5 heteroatoms. The molecule has 0 amide bonds. The van der Waals surface area contributed by atoms with E-state index in [1.165, 1.54) is 0 Å². The smallest absolute Gasteiger partial charge is 0.172 e. The fraction of sp³-hybridized carbons (Fsp3) is 0.467. The highest BCUT2D eigenvalue weighted by molar-refractivity contribution is 5.80. The zero-order chi connectivity index (χ0) is 13.9. The van der Waals surface area contributed by atoms with Crippen LogP contribution in [0.25, 0.3) is 11.0 Å². The molecule has 0 spiro atoms. The number of aliphatic hydroxyl groups is 1. The maximum Gasteiger partial charge on any atom is 0.172 e. The van der Waals surface area contributed by atoms with Crippen LogP contribution in [-0.2, 0) is 0 Å². The van der Waals surface area contributed by atoms with Crippen molar-refractivity contribution in [3.63, 3.8) is 0 Å². The van der Waals surface area contributed by atoms with Crippen LogP contribution in [-0.4, -0.2) is 41.8 Å². The van der Waals surface area contributed by atoms with E-state index in [1.54, 1.807) is 0 Å². The van der Waals surface area contributed by atoms with Crippen LogP contribution in [0.5, 0.6) is 0 Å². The number of anilines is 2. The van der Waals surface area contributed by atoms with Gasteiger partial charge >= 0.3 is 0 Å². The van der Waals surface area contributed by atoms with Crippen LogP contribution in [0.4, 0.5) is 11.6 Å². The van der Waals surface area contributed by atoms with Gasteiger partial charge in [0.25, 0.3) is 0 Å². The summed E-state index contributed by atoms with van der Waals surface area (Å²) in [7, 11) is 1.88. The fourth-order valence-corrected chi connectivity index (χ4v) is 2.71. The van der Waals surface area contributed by atoms with Crippen LogP contribution in [0.15, 0.2) is 24.3 Å². The van der Waals surface area contributed by atoms with E-state index in [-0.39, 0.29) is 6.61 Å². The second-order valence-corrected chi connectivity index (χ2v) is 5.25. The van der Waals surface area contributed by atoms with Crippen molar-refractivity contribution in [3.8, 4) is 0 Å². The summed E-state index contributed by atoms with van der Waals surface area (Å²) < 4.78 is 0. The van der Waals surface area contributed by atoms with Crippen molar-refractivity contribution in [1.82, 2.24) is 9.97 Å². The Morgan fingerprint density at radius 2 is 1.85 bits per heavy atom. The lowest BCUT2D eigenvalue weighted by Crippen LogP contribution is -2.35. The Kier molecular flexibility index (Phi) is 3.69. The number of piperidine rings is 1. The monoisotopic (exact) mass is 272 g/mol. The first kappa shape index (κ1) is 13.1. The lowest BCUT2D eigenvalue weighted by molar-refractivity contribution is 0.203. The number of fused-ring (bicyclic) bond motifs is 1. The lowest BCUT2D eigenvalue weighted by Gasteiger charge is -2.32. The molecule has 0 saturated carbocycles. The SMILES string of the molecule is CNc1nc2ccccc2nc1N1CCC(CO)CC1. The Labute approximate surface area is 118 Å². The van der Waals surface area contributed by atoms with Crippen molar-refractivity contribution in [2.24, 2.45) is 5.92 Å². The van der Waals surface area contributed by atoms with Gasteiger partial charge in [0.15, 0.2) is 11.6 Å². The van der Waals surface area contributed by atoms with Gasteiger partial charge in [-0.25, -0.2) is 9.97 Å². The average Bonchev–Trinajstić information content (AvgIpc) is 2.53. The minimum atomic E-state index is 0.288. The Balaban J connectivity index is 1.94. The molecule has 2 N–H and O–H groups in total. The summed E-state index contributed by atoms with van der Waals surface area (Å²) in [5.74, 6) is 2.17. The van der Waals surface area contributed by atoms with Crippen LogP contribution in [0.2, 0.25) is 0 Å². The van der Waals surface area contributed by atoms with E-state index in [2.05, 4.69) is 15.2 Å². The minimum Gasteiger partial charge on any atom is -0.396 e. The standard InChI is InChI=1S/C15H20N4O/c1-16-14-15(19-8-6-11(10-20)7-9-19)18-13-5-3-2-4-12(13)17-14/h2-5,11,20H,6-10H2,1H3,(H,16,17).